The summed E-state index contributed by atoms with van der Waals surface area (Å²) in [5.41, 5.74) is 5.89. The van der Waals surface area contributed by atoms with Gasteiger partial charge in [-0.3, -0.25) is 0 Å². The van der Waals surface area contributed by atoms with Crippen LogP contribution >= 0.6 is 0 Å². The average Bonchev–Trinajstić information content (AvgIpc) is 2.88. The SMILES string of the molecule is CNCC1(C2(CC(C)N)OCCO2)OCCO1. The zero-order valence-corrected chi connectivity index (χ0v) is 10.5. The van der Waals surface area contributed by atoms with Crippen molar-refractivity contribution < 1.29 is 18.9 Å². The highest BCUT2D eigenvalue weighted by Crippen LogP contribution is 2.41. The van der Waals surface area contributed by atoms with E-state index in [0.717, 1.165) is 0 Å². The monoisotopic (exact) mass is 246 g/mol. The minimum atomic E-state index is -0.888. The number of rotatable bonds is 5. The summed E-state index contributed by atoms with van der Waals surface area (Å²) in [6.07, 6.45) is 0.550. The maximum absolute atomic E-state index is 5.89. The lowest BCUT2D eigenvalue weighted by Crippen LogP contribution is -2.62. The molecule has 6 nitrogen and oxygen atoms in total. The van der Waals surface area contributed by atoms with E-state index >= 15 is 0 Å². The molecule has 2 aliphatic heterocycles. The van der Waals surface area contributed by atoms with Crippen LogP contribution < -0.4 is 11.1 Å². The summed E-state index contributed by atoms with van der Waals surface area (Å²) in [5, 5.41) is 3.07. The summed E-state index contributed by atoms with van der Waals surface area (Å²) in [7, 11) is 1.85. The van der Waals surface area contributed by atoms with Crippen molar-refractivity contribution in [3.63, 3.8) is 0 Å². The van der Waals surface area contributed by atoms with Gasteiger partial charge in [-0.05, 0) is 14.0 Å². The van der Waals surface area contributed by atoms with E-state index in [1.54, 1.807) is 0 Å². The normalized spacial score (nSPS) is 28.4. The predicted octanol–water partition coefficient (Wildman–Crippen LogP) is -0.571. The van der Waals surface area contributed by atoms with Crippen molar-refractivity contribution in [3.05, 3.63) is 0 Å². The Morgan fingerprint density at radius 2 is 1.53 bits per heavy atom. The van der Waals surface area contributed by atoms with Crippen LogP contribution in [0.25, 0.3) is 0 Å². The van der Waals surface area contributed by atoms with Crippen LogP contribution in [0.2, 0.25) is 0 Å². The van der Waals surface area contributed by atoms with E-state index in [0.29, 0.717) is 39.4 Å². The third-order valence-corrected chi connectivity index (χ3v) is 3.09. The van der Waals surface area contributed by atoms with Crippen molar-refractivity contribution in [3.8, 4) is 0 Å². The summed E-state index contributed by atoms with van der Waals surface area (Å²) in [5.74, 6) is -1.77. The molecule has 1 atom stereocenters. The molecule has 0 aliphatic carbocycles. The third kappa shape index (κ3) is 2.33. The van der Waals surface area contributed by atoms with Crippen LogP contribution in [0.5, 0.6) is 0 Å². The molecule has 100 valence electrons. The van der Waals surface area contributed by atoms with Gasteiger partial charge in [0.2, 0.25) is 11.6 Å². The Labute approximate surface area is 102 Å². The maximum Gasteiger partial charge on any atom is 0.236 e. The van der Waals surface area contributed by atoms with Crippen molar-refractivity contribution >= 4 is 0 Å². The summed E-state index contributed by atoms with van der Waals surface area (Å²) in [6.45, 7) is 4.63. The largest absolute Gasteiger partial charge is 0.343 e. The Morgan fingerprint density at radius 1 is 1.06 bits per heavy atom. The van der Waals surface area contributed by atoms with Crippen molar-refractivity contribution in [2.75, 3.05) is 40.0 Å². The van der Waals surface area contributed by atoms with Crippen molar-refractivity contribution in [2.45, 2.75) is 31.0 Å². The first kappa shape index (κ1) is 13.2. The fourth-order valence-corrected chi connectivity index (χ4v) is 2.52. The molecule has 2 fully saturated rings. The molecule has 0 aromatic heterocycles. The van der Waals surface area contributed by atoms with Gasteiger partial charge in [0.15, 0.2) is 0 Å². The zero-order chi connectivity index (χ0) is 12.4. The third-order valence-electron chi connectivity index (χ3n) is 3.09. The van der Waals surface area contributed by atoms with Gasteiger partial charge in [0.25, 0.3) is 0 Å². The first-order valence-electron chi connectivity index (χ1n) is 6.10. The molecule has 0 spiro atoms. The van der Waals surface area contributed by atoms with E-state index in [1.165, 1.54) is 0 Å². The molecule has 0 aromatic rings. The molecule has 1 unspecified atom stereocenters. The van der Waals surface area contributed by atoms with E-state index in [4.69, 9.17) is 24.7 Å². The number of ether oxygens (including phenoxy) is 4. The number of hydrogen-bond donors (Lipinski definition) is 2. The van der Waals surface area contributed by atoms with E-state index < -0.39 is 11.6 Å². The standard InChI is InChI=1S/C11H22N2O4/c1-9(12)7-10(14-3-4-15-10)11(8-13-2)16-5-6-17-11/h9,13H,3-8,12H2,1-2H3. The molecule has 2 heterocycles. The summed E-state index contributed by atoms with van der Waals surface area (Å²) >= 11 is 0. The van der Waals surface area contributed by atoms with E-state index in [-0.39, 0.29) is 6.04 Å². The number of nitrogens with two attached hydrogens (primary N) is 1. The van der Waals surface area contributed by atoms with Crippen molar-refractivity contribution in [1.29, 1.82) is 0 Å². The van der Waals surface area contributed by atoms with Crippen LogP contribution in [0.1, 0.15) is 13.3 Å². The number of hydrogen-bond acceptors (Lipinski definition) is 6. The van der Waals surface area contributed by atoms with Gasteiger partial charge < -0.3 is 30.0 Å². The predicted molar refractivity (Wildman–Crippen MR) is 61.5 cm³/mol. The molecule has 3 N–H and O–H groups in total. The molecule has 0 saturated carbocycles. The molecule has 6 heteroatoms. The molecule has 2 saturated heterocycles. The van der Waals surface area contributed by atoms with Gasteiger partial charge in [0.1, 0.15) is 0 Å². The van der Waals surface area contributed by atoms with Crippen LogP contribution in [-0.2, 0) is 18.9 Å². The molecule has 2 rings (SSSR count). The molecule has 0 aromatic carbocycles. The lowest BCUT2D eigenvalue weighted by Gasteiger charge is -2.42. The zero-order valence-electron chi connectivity index (χ0n) is 10.5. The van der Waals surface area contributed by atoms with E-state index in [2.05, 4.69) is 5.32 Å². The summed E-state index contributed by atoms with van der Waals surface area (Å²) in [6, 6.07) is -0.0466. The fraction of sp³-hybridized carbons (Fsp3) is 1.00. The van der Waals surface area contributed by atoms with Gasteiger partial charge >= 0.3 is 0 Å². The minimum absolute atomic E-state index is 0.0466. The average molecular weight is 246 g/mol. The number of nitrogens with one attached hydrogen (secondary N) is 1. The number of likely N-dealkylation sites (N-methyl/N-ethyl adjacent to an activating group) is 1. The minimum Gasteiger partial charge on any atom is -0.343 e. The van der Waals surface area contributed by atoms with Crippen molar-refractivity contribution in [2.24, 2.45) is 5.73 Å². The van der Waals surface area contributed by atoms with Crippen LogP contribution in [0.15, 0.2) is 0 Å². The quantitative estimate of drug-likeness (QED) is 0.676. The summed E-state index contributed by atoms with van der Waals surface area (Å²) < 4.78 is 23.2. The van der Waals surface area contributed by atoms with Gasteiger partial charge in [0, 0.05) is 12.5 Å². The van der Waals surface area contributed by atoms with Gasteiger partial charge in [-0.15, -0.1) is 0 Å². The maximum atomic E-state index is 5.89. The van der Waals surface area contributed by atoms with E-state index in [9.17, 15) is 0 Å². The highest BCUT2D eigenvalue weighted by molar-refractivity contribution is 4.96. The van der Waals surface area contributed by atoms with Gasteiger partial charge in [0.05, 0.1) is 33.0 Å². The van der Waals surface area contributed by atoms with Gasteiger partial charge in [-0.25, -0.2) is 0 Å². The van der Waals surface area contributed by atoms with Crippen LogP contribution in [0, 0.1) is 0 Å². The summed E-state index contributed by atoms with van der Waals surface area (Å²) in [4.78, 5) is 0. The van der Waals surface area contributed by atoms with Crippen molar-refractivity contribution in [1.82, 2.24) is 5.32 Å². The first-order valence-corrected chi connectivity index (χ1v) is 6.10. The lowest BCUT2D eigenvalue weighted by molar-refractivity contribution is -0.346. The second-order valence-corrected chi connectivity index (χ2v) is 4.61. The fourth-order valence-electron chi connectivity index (χ4n) is 2.52. The molecule has 0 bridgehead atoms. The molecular weight excluding hydrogens is 224 g/mol. The Balaban J connectivity index is 2.22. The molecule has 2 aliphatic rings. The Kier molecular flexibility index (Phi) is 4.02. The molecule has 0 radical (unpaired) electrons. The Morgan fingerprint density at radius 3 is 1.94 bits per heavy atom. The molecular formula is C11H22N2O4. The first-order chi connectivity index (χ1) is 8.14. The van der Waals surface area contributed by atoms with Crippen LogP contribution in [0.3, 0.4) is 0 Å². The Hall–Kier alpha value is -0.240. The smallest absolute Gasteiger partial charge is 0.236 e. The topological polar surface area (TPSA) is 75.0 Å². The second-order valence-electron chi connectivity index (χ2n) is 4.61. The highest BCUT2D eigenvalue weighted by atomic mass is 16.8. The van der Waals surface area contributed by atoms with Crippen LogP contribution in [0.4, 0.5) is 0 Å². The lowest BCUT2D eigenvalue weighted by atomic mass is 9.98. The Bertz CT molecular complexity index is 248. The highest BCUT2D eigenvalue weighted by Gasteiger charge is 2.60. The molecule has 0 amide bonds. The van der Waals surface area contributed by atoms with E-state index in [1.807, 2.05) is 14.0 Å². The van der Waals surface area contributed by atoms with Gasteiger partial charge in [-0.1, -0.05) is 0 Å². The second kappa shape index (κ2) is 5.17. The van der Waals surface area contributed by atoms with Gasteiger partial charge in [-0.2, -0.15) is 0 Å². The van der Waals surface area contributed by atoms with Crippen LogP contribution in [-0.4, -0.2) is 57.6 Å². The molecule has 17 heavy (non-hydrogen) atoms.